The lowest BCUT2D eigenvalue weighted by Gasteiger charge is -2.13. The molecule has 1 atom stereocenters. The molecule has 0 aliphatic carbocycles. The second kappa shape index (κ2) is 5.78. The van der Waals surface area contributed by atoms with Crippen LogP contribution in [0.25, 0.3) is 0 Å². The van der Waals surface area contributed by atoms with Gasteiger partial charge in [-0.2, -0.15) is 13.2 Å². The van der Waals surface area contributed by atoms with Gasteiger partial charge in [0.25, 0.3) is 0 Å². The van der Waals surface area contributed by atoms with Gasteiger partial charge >= 0.3 is 12.1 Å². The lowest BCUT2D eigenvalue weighted by atomic mass is 10.1. The maximum absolute atomic E-state index is 13.1. The normalized spacial score (nSPS) is 19.3. The van der Waals surface area contributed by atoms with Gasteiger partial charge in [-0.05, 0) is 13.3 Å². The standard InChI is InChI=1S/C11H14F3N3O3/c1-2-20-10(18)8-9(11(12,13)14)17(16-15-8)5-7-3-4-19-6-7/h7H,2-6H2,1H3. The molecule has 2 heterocycles. The molecule has 6 nitrogen and oxygen atoms in total. The molecule has 0 amide bonds. The average molecular weight is 293 g/mol. The Morgan fingerprint density at radius 1 is 1.55 bits per heavy atom. The first-order chi connectivity index (χ1) is 9.43. The number of ether oxygens (including phenoxy) is 2. The monoisotopic (exact) mass is 293 g/mol. The molecule has 0 saturated carbocycles. The van der Waals surface area contributed by atoms with Crippen molar-refractivity contribution >= 4 is 5.97 Å². The summed E-state index contributed by atoms with van der Waals surface area (Å²) < 4.78 is 49.6. The molecule has 0 N–H and O–H groups in total. The lowest BCUT2D eigenvalue weighted by molar-refractivity contribution is -0.145. The molecule has 0 spiro atoms. The quantitative estimate of drug-likeness (QED) is 0.787. The predicted octanol–water partition coefficient (Wildman–Crippen LogP) is 1.51. The zero-order chi connectivity index (χ0) is 14.8. The second-order valence-electron chi connectivity index (χ2n) is 4.42. The molecule has 0 aromatic carbocycles. The first-order valence-corrected chi connectivity index (χ1v) is 6.19. The minimum Gasteiger partial charge on any atom is -0.461 e. The molecule has 1 aliphatic rings. The van der Waals surface area contributed by atoms with Gasteiger partial charge in [-0.15, -0.1) is 5.10 Å². The van der Waals surface area contributed by atoms with Gasteiger partial charge < -0.3 is 9.47 Å². The summed E-state index contributed by atoms with van der Waals surface area (Å²) in [5.74, 6) is -1.18. The highest BCUT2D eigenvalue weighted by Gasteiger charge is 2.42. The van der Waals surface area contributed by atoms with Crippen molar-refractivity contribution in [2.45, 2.75) is 26.1 Å². The van der Waals surface area contributed by atoms with Crippen molar-refractivity contribution in [3.8, 4) is 0 Å². The van der Waals surface area contributed by atoms with Crippen LogP contribution < -0.4 is 0 Å². The molecule has 0 radical (unpaired) electrons. The number of esters is 1. The smallest absolute Gasteiger partial charge is 0.435 e. The fourth-order valence-corrected chi connectivity index (χ4v) is 2.03. The number of rotatable bonds is 4. The third kappa shape index (κ3) is 3.09. The topological polar surface area (TPSA) is 66.2 Å². The van der Waals surface area contributed by atoms with Gasteiger partial charge in [0, 0.05) is 19.1 Å². The number of hydrogen-bond donors (Lipinski definition) is 0. The van der Waals surface area contributed by atoms with Crippen molar-refractivity contribution < 1.29 is 27.4 Å². The van der Waals surface area contributed by atoms with Gasteiger partial charge in [-0.1, -0.05) is 5.21 Å². The Bertz CT molecular complexity index is 481. The van der Waals surface area contributed by atoms with E-state index in [0.29, 0.717) is 24.3 Å². The Morgan fingerprint density at radius 2 is 2.30 bits per heavy atom. The molecule has 1 saturated heterocycles. The Kier molecular flexibility index (Phi) is 4.26. The molecular formula is C11H14F3N3O3. The van der Waals surface area contributed by atoms with Gasteiger partial charge in [-0.25, -0.2) is 9.48 Å². The van der Waals surface area contributed by atoms with Gasteiger partial charge in [0.1, 0.15) is 0 Å². The summed E-state index contributed by atoms with van der Waals surface area (Å²) in [7, 11) is 0. The van der Waals surface area contributed by atoms with Crippen molar-refractivity contribution in [3.63, 3.8) is 0 Å². The highest BCUT2D eigenvalue weighted by atomic mass is 19.4. The number of alkyl halides is 3. The second-order valence-corrected chi connectivity index (χ2v) is 4.42. The minimum atomic E-state index is -4.72. The molecule has 1 fully saturated rings. The van der Waals surface area contributed by atoms with Crippen LogP contribution in [0, 0.1) is 5.92 Å². The third-order valence-corrected chi connectivity index (χ3v) is 2.93. The van der Waals surface area contributed by atoms with Crippen LogP contribution in [0.3, 0.4) is 0 Å². The van der Waals surface area contributed by atoms with Crippen LogP contribution in [0.2, 0.25) is 0 Å². The van der Waals surface area contributed by atoms with Crippen molar-refractivity contribution in [2.24, 2.45) is 5.92 Å². The van der Waals surface area contributed by atoms with Gasteiger partial charge in [0.05, 0.1) is 13.2 Å². The average Bonchev–Trinajstić information content (AvgIpc) is 2.98. The highest BCUT2D eigenvalue weighted by Crippen LogP contribution is 2.32. The molecule has 1 unspecified atom stereocenters. The zero-order valence-corrected chi connectivity index (χ0v) is 10.8. The molecule has 20 heavy (non-hydrogen) atoms. The van der Waals surface area contributed by atoms with E-state index in [0.717, 1.165) is 0 Å². The number of hydrogen-bond acceptors (Lipinski definition) is 5. The Balaban J connectivity index is 2.29. The van der Waals surface area contributed by atoms with E-state index in [1.54, 1.807) is 0 Å². The molecule has 112 valence electrons. The van der Waals surface area contributed by atoms with E-state index in [2.05, 4.69) is 15.0 Å². The first-order valence-electron chi connectivity index (χ1n) is 6.19. The predicted molar refractivity (Wildman–Crippen MR) is 59.9 cm³/mol. The molecule has 1 aromatic rings. The SMILES string of the molecule is CCOC(=O)c1nnn(CC2CCOC2)c1C(F)(F)F. The molecule has 0 bridgehead atoms. The largest absolute Gasteiger partial charge is 0.461 e. The van der Waals surface area contributed by atoms with Gasteiger partial charge in [-0.3, -0.25) is 0 Å². The van der Waals surface area contributed by atoms with Crippen LogP contribution >= 0.6 is 0 Å². The van der Waals surface area contributed by atoms with Crippen LogP contribution in [0.5, 0.6) is 0 Å². The summed E-state index contributed by atoms with van der Waals surface area (Å²) in [6.45, 7) is 2.39. The number of nitrogens with zero attached hydrogens (tertiary/aromatic N) is 3. The van der Waals surface area contributed by atoms with Crippen LogP contribution in [0.15, 0.2) is 0 Å². The van der Waals surface area contributed by atoms with Crippen molar-refractivity contribution in [1.29, 1.82) is 0 Å². The fraction of sp³-hybridized carbons (Fsp3) is 0.727. The number of aromatic nitrogens is 3. The molecule has 1 aliphatic heterocycles. The van der Waals surface area contributed by atoms with E-state index in [1.807, 2.05) is 0 Å². The zero-order valence-electron chi connectivity index (χ0n) is 10.8. The molecule has 2 rings (SSSR count). The van der Waals surface area contributed by atoms with Gasteiger partial charge in [0.2, 0.25) is 5.69 Å². The van der Waals surface area contributed by atoms with E-state index < -0.39 is 23.5 Å². The summed E-state index contributed by atoms with van der Waals surface area (Å²) >= 11 is 0. The van der Waals surface area contributed by atoms with Crippen molar-refractivity contribution in [2.75, 3.05) is 19.8 Å². The summed E-state index contributed by atoms with van der Waals surface area (Å²) in [4.78, 5) is 11.5. The van der Waals surface area contributed by atoms with Crippen LogP contribution in [0.1, 0.15) is 29.5 Å². The van der Waals surface area contributed by atoms with Crippen LogP contribution in [-0.4, -0.2) is 40.8 Å². The Hall–Kier alpha value is -1.64. The summed E-state index contributed by atoms with van der Waals surface area (Å²) in [6.07, 6.45) is -4.06. The van der Waals surface area contributed by atoms with E-state index in [1.165, 1.54) is 6.92 Å². The first kappa shape index (κ1) is 14.8. The van der Waals surface area contributed by atoms with Gasteiger partial charge in [0.15, 0.2) is 5.69 Å². The van der Waals surface area contributed by atoms with E-state index >= 15 is 0 Å². The number of carbonyl (C=O) groups is 1. The van der Waals surface area contributed by atoms with Crippen molar-refractivity contribution in [1.82, 2.24) is 15.0 Å². The fourth-order valence-electron chi connectivity index (χ4n) is 2.03. The van der Waals surface area contributed by atoms with E-state index in [4.69, 9.17) is 4.74 Å². The summed E-state index contributed by atoms with van der Waals surface area (Å²) in [5, 5.41) is 6.76. The third-order valence-electron chi connectivity index (χ3n) is 2.93. The minimum absolute atomic E-state index is 0.0151. The molecule has 9 heteroatoms. The summed E-state index contributed by atoms with van der Waals surface area (Å²) in [5.41, 5.74) is -1.96. The van der Waals surface area contributed by atoms with Crippen LogP contribution in [0.4, 0.5) is 13.2 Å². The molecular weight excluding hydrogens is 279 g/mol. The Labute approximate surface area is 112 Å². The van der Waals surface area contributed by atoms with E-state index in [9.17, 15) is 18.0 Å². The van der Waals surface area contributed by atoms with E-state index in [-0.39, 0.29) is 19.1 Å². The highest BCUT2D eigenvalue weighted by molar-refractivity contribution is 5.88. The summed E-state index contributed by atoms with van der Waals surface area (Å²) in [6, 6.07) is 0. The molecule has 1 aromatic heterocycles. The number of halogens is 3. The maximum atomic E-state index is 13.1. The lowest BCUT2D eigenvalue weighted by Crippen LogP contribution is -2.22. The van der Waals surface area contributed by atoms with Crippen molar-refractivity contribution in [3.05, 3.63) is 11.4 Å². The number of carbonyl (C=O) groups excluding carboxylic acids is 1. The maximum Gasteiger partial charge on any atom is 0.435 e. The Morgan fingerprint density at radius 3 is 2.85 bits per heavy atom. The van der Waals surface area contributed by atoms with Crippen LogP contribution in [-0.2, 0) is 22.2 Å².